The van der Waals surface area contributed by atoms with Crippen LogP contribution in [0, 0.1) is 5.92 Å². The van der Waals surface area contributed by atoms with Gasteiger partial charge in [-0.1, -0.05) is 18.2 Å². The number of methoxy groups -OCH3 is 1. The molecule has 3 aromatic rings. The summed E-state index contributed by atoms with van der Waals surface area (Å²) in [5.74, 6) is -0.112. The highest BCUT2D eigenvalue weighted by molar-refractivity contribution is 6.02. The fourth-order valence-corrected chi connectivity index (χ4v) is 3.55. The molecule has 2 aromatic carbocycles. The van der Waals surface area contributed by atoms with Gasteiger partial charge in [0.1, 0.15) is 5.75 Å². The van der Waals surface area contributed by atoms with E-state index in [1.54, 1.807) is 42.3 Å². The van der Waals surface area contributed by atoms with Crippen LogP contribution in [0.5, 0.6) is 5.75 Å². The van der Waals surface area contributed by atoms with E-state index in [0.717, 1.165) is 11.3 Å². The SMILES string of the molecule is COc1cccc(N2C[C@H](C(=O)NCc3ccc(NC(=O)c4ccco4)cc3)CC2=O)c1. The third-order valence-electron chi connectivity index (χ3n) is 5.28. The minimum absolute atomic E-state index is 0.0879. The van der Waals surface area contributed by atoms with E-state index in [1.807, 2.05) is 30.3 Å². The zero-order valence-electron chi connectivity index (χ0n) is 17.5. The lowest BCUT2D eigenvalue weighted by molar-refractivity contribution is -0.126. The second kappa shape index (κ2) is 9.38. The average molecular weight is 433 g/mol. The summed E-state index contributed by atoms with van der Waals surface area (Å²) in [6, 6.07) is 17.6. The monoisotopic (exact) mass is 433 g/mol. The predicted octanol–water partition coefficient (Wildman–Crippen LogP) is 3.21. The first-order chi connectivity index (χ1) is 15.5. The van der Waals surface area contributed by atoms with Crippen molar-refractivity contribution in [3.8, 4) is 5.75 Å². The molecule has 2 heterocycles. The minimum atomic E-state index is -0.416. The molecule has 1 aromatic heterocycles. The van der Waals surface area contributed by atoms with E-state index in [9.17, 15) is 14.4 Å². The largest absolute Gasteiger partial charge is 0.497 e. The van der Waals surface area contributed by atoms with Crippen molar-refractivity contribution >= 4 is 29.1 Å². The molecule has 8 heteroatoms. The Bertz CT molecular complexity index is 1110. The van der Waals surface area contributed by atoms with Gasteiger partial charge >= 0.3 is 0 Å². The molecule has 32 heavy (non-hydrogen) atoms. The van der Waals surface area contributed by atoms with E-state index >= 15 is 0 Å². The van der Waals surface area contributed by atoms with Gasteiger partial charge in [0.2, 0.25) is 11.8 Å². The molecule has 0 aliphatic carbocycles. The van der Waals surface area contributed by atoms with Gasteiger partial charge in [0.25, 0.3) is 5.91 Å². The molecule has 3 amide bonds. The van der Waals surface area contributed by atoms with Gasteiger partial charge in [-0.15, -0.1) is 0 Å². The first kappa shape index (κ1) is 21.2. The van der Waals surface area contributed by atoms with Crippen LogP contribution in [0.1, 0.15) is 22.5 Å². The van der Waals surface area contributed by atoms with Crippen LogP contribution in [0.4, 0.5) is 11.4 Å². The number of rotatable bonds is 7. The lowest BCUT2D eigenvalue weighted by atomic mass is 10.1. The number of ether oxygens (including phenoxy) is 1. The van der Waals surface area contributed by atoms with Gasteiger partial charge in [0.15, 0.2) is 5.76 Å². The van der Waals surface area contributed by atoms with Crippen molar-refractivity contribution in [3.63, 3.8) is 0 Å². The van der Waals surface area contributed by atoms with Crippen molar-refractivity contribution in [2.45, 2.75) is 13.0 Å². The van der Waals surface area contributed by atoms with Crippen LogP contribution in [-0.2, 0) is 16.1 Å². The van der Waals surface area contributed by atoms with Crippen LogP contribution in [-0.4, -0.2) is 31.4 Å². The predicted molar refractivity (Wildman–Crippen MR) is 118 cm³/mol. The number of carbonyl (C=O) groups is 3. The van der Waals surface area contributed by atoms with Gasteiger partial charge in [-0.05, 0) is 42.0 Å². The summed E-state index contributed by atoms with van der Waals surface area (Å²) >= 11 is 0. The lowest BCUT2D eigenvalue weighted by Crippen LogP contribution is -2.32. The van der Waals surface area contributed by atoms with Crippen LogP contribution in [0.25, 0.3) is 0 Å². The standard InChI is InChI=1S/C24H23N3O5/c1-31-20-5-2-4-19(13-20)27-15-17(12-22(27)28)23(29)25-14-16-7-9-18(10-8-16)26-24(30)21-6-3-11-32-21/h2-11,13,17H,12,14-15H2,1H3,(H,25,29)(H,26,30)/t17-/m1/s1. The second-order valence-corrected chi connectivity index (χ2v) is 7.45. The van der Waals surface area contributed by atoms with Gasteiger partial charge in [-0.3, -0.25) is 14.4 Å². The summed E-state index contributed by atoms with van der Waals surface area (Å²) in [7, 11) is 1.57. The Kier molecular flexibility index (Phi) is 6.21. The highest BCUT2D eigenvalue weighted by Crippen LogP contribution is 2.28. The molecule has 0 bridgehead atoms. The summed E-state index contributed by atoms with van der Waals surface area (Å²) in [6.45, 7) is 0.657. The zero-order valence-corrected chi connectivity index (χ0v) is 17.5. The number of hydrogen-bond acceptors (Lipinski definition) is 5. The van der Waals surface area contributed by atoms with Crippen molar-refractivity contribution in [3.05, 3.63) is 78.3 Å². The maximum absolute atomic E-state index is 12.6. The van der Waals surface area contributed by atoms with E-state index in [1.165, 1.54) is 6.26 Å². The molecule has 0 saturated carbocycles. The van der Waals surface area contributed by atoms with Crippen molar-refractivity contribution in [2.75, 3.05) is 23.9 Å². The van der Waals surface area contributed by atoms with Crippen LogP contribution < -0.4 is 20.3 Å². The fraction of sp³-hybridized carbons (Fsp3) is 0.208. The Balaban J connectivity index is 1.30. The molecule has 1 fully saturated rings. The quantitative estimate of drug-likeness (QED) is 0.596. The Labute approximate surface area is 185 Å². The third-order valence-corrected chi connectivity index (χ3v) is 5.28. The van der Waals surface area contributed by atoms with Crippen molar-refractivity contribution < 1.29 is 23.5 Å². The number of anilines is 2. The second-order valence-electron chi connectivity index (χ2n) is 7.45. The lowest BCUT2D eigenvalue weighted by Gasteiger charge is -2.17. The van der Waals surface area contributed by atoms with Crippen molar-refractivity contribution in [1.82, 2.24) is 5.32 Å². The Morgan fingerprint density at radius 3 is 2.66 bits per heavy atom. The highest BCUT2D eigenvalue weighted by Gasteiger charge is 2.35. The molecule has 164 valence electrons. The summed E-state index contributed by atoms with van der Waals surface area (Å²) in [5, 5.41) is 5.64. The maximum atomic E-state index is 12.6. The summed E-state index contributed by atoms with van der Waals surface area (Å²) in [4.78, 5) is 38.7. The maximum Gasteiger partial charge on any atom is 0.291 e. The molecule has 2 N–H and O–H groups in total. The van der Waals surface area contributed by atoms with Gasteiger partial charge < -0.3 is 24.7 Å². The molecular formula is C24H23N3O5. The van der Waals surface area contributed by atoms with E-state index in [2.05, 4.69) is 10.6 Å². The Morgan fingerprint density at radius 1 is 1.12 bits per heavy atom. The minimum Gasteiger partial charge on any atom is -0.497 e. The molecule has 0 radical (unpaired) electrons. The number of hydrogen-bond donors (Lipinski definition) is 2. The molecular weight excluding hydrogens is 410 g/mol. The van der Waals surface area contributed by atoms with Crippen LogP contribution in [0.2, 0.25) is 0 Å². The van der Waals surface area contributed by atoms with Gasteiger partial charge in [0.05, 0.1) is 19.3 Å². The number of carbonyl (C=O) groups excluding carboxylic acids is 3. The van der Waals surface area contributed by atoms with E-state index in [-0.39, 0.29) is 29.9 Å². The number of nitrogens with one attached hydrogen (secondary N) is 2. The average Bonchev–Trinajstić information content (AvgIpc) is 3.49. The van der Waals surface area contributed by atoms with Crippen molar-refractivity contribution in [1.29, 1.82) is 0 Å². The van der Waals surface area contributed by atoms with Crippen LogP contribution >= 0.6 is 0 Å². The van der Waals surface area contributed by atoms with E-state index in [4.69, 9.17) is 9.15 Å². The Hall–Kier alpha value is -4.07. The van der Waals surface area contributed by atoms with Gasteiger partial charge in [0, 0.05) is 37.0 Å². The molecule has 8 nitrogen and oxygen atoms in total. The van der Waals surface area contributed by atoms with Crippen molar-refractivity contribution in [2.24, 2.45) is 5.92 Å². The van der Waals surface area contributed by atoms with E-state index in [0.29, 0.717) is 24.5 Å². The summed E-state index contributed by atoms with van der Waals surface area (Å²) < 4.78 is 10.3. The number of amides is 3. The van der Waals surface area contributed by atoms with Gasteiger partial charge in [-0.2, -0.15) is 0 Å². The molecule has 0 unspecified atom stereocenters. The van der Waals surface area contributed by atoms with Gasteiger partial charge in [-0.25, -0.2) is 0 Å². The number of benzene rings is 2. The summed E-state index contributed by atoms with van der Waals surface area (Å²) in [5.41, 5.74) is 2.22. The molecule has 4 rings (SSSR count). The molecule has 0 spiro atoms. The molecule has 1 aliphatic heterocycles. The Morgan fingerprint density at radius 2 is 1.94 bits per heavy atom. The fourth-order valence-electron chi connectivity index (χ4n) is 3.55. The normalized spacial score (nSPS) is 15.5. The van der Waals surface area contributed by atoms with E-state index < -0.39 is 5.92 Å². The first-order valence-electron chi connectivity index (χ1n) is 10.2. The summed E-state index contributed by atoms with van der Waals surface area (Å²) in [6.07, 6.45) is 1.61. The highest BCUT2D eigenvalue weighted by atomic mass is 16.5. The number of furan rings is 1. The first-order valence-corrected chi connectivity index (χ1v) is 10.2. The smallest absolute Gasteiger partial charge is 0.291 e. The van der Waals surface area contributed by atoms with Crippen LogP contribution in [0.15, 0.2) is 71.3 Å². The zero-order chi connectivity index (χ0) is 22.5. The molecule has 1 aliphatic rings. The molecule has 1 atom stereocenters. The van der Waals surface area contributed by atoms with Crippen LogP contribution in [0.3, 0.4) is 0 Å². The number of nitrogens with zero attached hydrogens (tertiary/aromatic N) is 1. The topological polar surface area (TPSA) is 101 Å². The third kappa shape index (κ3) is 4.80. The molecule has 1 saturated heterocycles.